The van der Waals surface area contributed by atoms with Crippen LogP contribution in [0.2, 0.25) is 0 Å². The van der Waals surface area contributed by atoms with E-state index in [1.54, 1.807) is 0 Å². The molecule has 0 amide bonds. The first kappa shape index (κ1) is 12.9. The molecule has 0 aliphatic heterocycles. The lowest BCUT2D eigenvalue weighted by atomic mass is 10.2. The summed E-state index contributed by atoms with van der Waals surface area (Å²) in [7, 11) is 0. The molecule has 0 aliphatic rings. The Hall–Kier alpha value is -2.12. The number of pyridine rings is 1. The van der Waals surface area contributed by atoms with Crippen LogP contribution >= 0.6 is 11.3 Å². The third-order valence-electron chi connectivity index (χ3n) is 2.71. The van der Waals surface area contributed by atoms with Gasteiger partial charge in [0.25, 0.3) is 5.89 Å². The first-order valence-corrected chi connectivity index (χ1v) is 6.98. The average Bonchev–Trinajstić information content (AvgIpc) is 3.06. The van der Waals surface area contributed by atoms with E-state index >= 15 is 0 Å². The normalized spacial score (nSPS) is 10.9. The fourth-order valence-electron chi connectivity index (χ4n) is 1.91. The van der Waals surface area contributed by atoms with E-state index in [1.807, 2.05) is 31.4 Å². The lowest BCUT2D eigenvalue weighted by Crippen LogP contribution is -1.94. The highest BCUT2D eigenvalue weighted by Gasteiger charge is 2.14. The first-order chi connectivity index (χ1) is 9.65. The van der Waals surface area contributed by atoms with Gasteiger partial charge in [-0.15, -0.1) is 11.3 Å². The number of nitrogens with zero attached hydrogens (tertiary/aromatic N) is 4. The molecule has 20 heavy (non-hydrogen) atoms. The maximum atomic E-state index is 5.55. The summed E-state index contributed by atoms with van der Waals surface area (Å²) < 4.78 is 5.26. The number of rotatable bonds is 3. The number of hydrogen-bond acceptors (Lipinski definition) is 7. The highest BCUT2D eigenvalue weighted by molar-refractivity contribution is 7.09. The molecule has 3 aromatic rings. The summed E-state index contributed by atoms with van der Waals surface area (Å²) in [6, 6.07) is 3.85. The molecule has 3 heterocycles. The Labute approximate surface area is 119 Å². The van der Waals surface area contributed by atoms with E-state index in [9.17, 15) is 0 Å². The fourth-order valence-corrected chi connectivity index (χ4v) is 2.56. The predicted molar refractivity (Wildman–Crippen MR) is 76.0 cm³/mol. The summed E-state index contributed by atoms with van der Waals surface area (Å²) in [5.74, 6) is 0.943. The second-order valence-electron chi connectivity index (χ2n) is 4.39. The Morgan fingerprint density at radius 2 is 1.90 bits per heavy atom. The molecule has 0 saturated carbocycles. The highest BCUT2D eigenvalue weighted by Crippen LogP contribution is 2.24. The number of aryl methyl sites for hydroxylation is 2. The maximum absolute atomic E-state index is 5.55. The Balaban J connectivity index is 1.97. The zero-order chi connectivity index (χ0) is 14.1. The molecule has 0 spiro atoms. The number of hydrogen-bond donors (Lipinski definition) is 1. The molecule has 102 valence electrons. The smallest absolute Gasteiger partial charge is 0.277 e. The highest BCUT2D eigenvalue weighted by atomic mass is 32.1. The van der Waals surface area contributed by atoms with E-state index in [1.165, 1.54) is 11.3 Å². The van der Waals surface area contributed by atoms with Crippen molar-refractivity contribution in [2.45, 2.75) is 20.4 Å². The molecule has 0 unspecified atom stereocenters. The van der Waals surface area contributed by atoms with Crippen LogP contribution in [0, 0.1) is 13.8 Å². The van der Waals surface area contributed by atoms with Crippen LogP contribution in [-0.4, -0.2) is 20.1 Å². The van der Waals surface area contributed by atoms with Gasteiger partial charge in [0.1, 0.15) is 10.7 Å². The third-order valence-corrected chi connectivity index (χ3v) is 3.58. The molecule has 0 fully saturated rings. The lowest BCUT2D eigenvalue weighted by Gasteiger charge is -1.98. The van der Waals surface area contributed by atoms with Crippen molar-refractivity contribution in [3.63, 3.8) is 0 Å². The molecule has 0 radical (unpaired) electrons. The summed E-state index contributed by atoms with van der Waals surface area (Å²) in [4.78, 5) is 13.0. The van der Waals surface area contributed by atoms with Gasteiger partial charge in [0.2, 0.25) is 5.82 Å². The van der Waals surface area contributed by atoms with Crippen molar-refractivity contribution < 1.29 is 4.52 Å². The van der Waals surface area contributed by atoms with E-state index in [0.717, 1.165) is 22.0 Å². The molecule has 0 saturated heterocycles. The van der Waals surface area contributed by atoms with Crippen LogP contribution < -0.4 is 5.73 Å². The molecule has 2 N–H and O–H groups in total. The van der Waals surface area contributed by atoms with Crippen molar-refractivity contribution in [1.82, 2.24) is 20.1 Å². The molecule has 0 atom stereocenters. The molecular formula is C13H13N5OS. The SMILES string of the molecule is Cc1cc(-c2noc(-c3csc(CN)n3)n2)cc(C)n1. The van der Waals surface area contributed by atoms with Crippen LogP contribution in [0.25, 0.3) is 23.0 Å². The predicted octanol–water partition coefficient (Wildman–Crippen LogP) is 2.33. The molecule has 0 aromatic carbocycles. The minimum atomic E-state index is 0.406. The summed E-state index contributed by atoms with van der Waals surface area (Å²) >= 11 is 1.48. The second kappa shape index (κ2) is 5.10. The topological polar surface area (TPSA) is 90.7 Å². The van der Waals surface area contributed by atoms with E-state index in [4.69, 9.17) is 10.3 Å². The van der Waals surface area contributed by atoms with Gasteiger partial charge in [-0.3, -0.25) is 4.98 Å². The van der Waals surface area contributed by atoms with Gasteiger partial charge in [0.05, 0.1) is 0 Å². The molecule has 6 nitrogen and oxygen atoms in total. The van der Waals surface area contributed by atoms with Crippen LogP contribution in [0.5, 0.6) is 0 Å². The van der Waals surface area contributed by atoms with Crippen molar-refractivity contribution in [1.29, 1.82) is 0 Å². The minimum Gasteiger partial charge on any atom is -0.332 e. The molecule has 3 rings (SSSR count). The van der Waals surface area contributed by atoms with Crippen LogP contribution in [0.15, 0.2) is 22.0 Å². The van der Waals surface area contributed by atoms with E-state index in [-0.39, 0.29) is 0 Å². The van der Waals surface area contributed by atoms with Gasteiger partial charge in [0.15, 0.2) is 0 Å². The summed E-state index contributed by atoms with van der Waals surface area (Å²) in [6.45, 7) is 4.28. The molecule has 3 aromatic heterocycles. The Bertz CT molecular complexity index is 729. The Morgan fingerprint density at radius 3 is 2.55 bits per heavy atom. The standard InChI is InChI=1S/C13H13N5OS/c1-7-3-9(4-8(2)15-7)12-17-13(19-18-12)10-6-20-11(5-14)16-10/h3-4,6H,5,14H2,1-2H3. The van der Waals surface area contributed by atoms with Crippen LogP contribution in [0.4, 0.5) is 0 Å². The number of aromatic nitrogens is 4. The second-order valence-corrected chi connectivity index (χ2v) is 5.33. The Morgan fingerprint density at radius 1 is 1.15 bits per heavy atom. The van der Waals surface area contributed by atoms with E-state index < -0.39 is 0 Å². The fraction of sp³-hybridized carbons (Fsp3) is 0.231. The van der Waals surface area contributed by atoms with Gasteiger partial charge in [-0.2, -0.15) is 4.98 Å². The maximum Gasteiger partial charge on any atom is 0.277 e. The van der Waals surface area contributed by atoms with E-state index in [2.05, 4.69) is 20.1 Å². The van der Waals surface area contributed by atoms with Gasteiger partial charge in [-0.1, -0.05) is 5.16 Å². The van der Waals surface area contributed by atoms with Crippen LogP contribution in [-0.2, 0) is 6.54 Å². The zero-order valence-corrected chi connectivity index (χ0v) is 11.9. The van der Waals surface area contributed by atoms with Crippen molar-refractivity contribution in [3.05, 3.63) is 33.9 Å². The van der Waals surface area contributed by atoms with Crippen molar-refractivity contribution >= 4 is 11.3 Å². The molecule has 7 heteroatoms. The largest absolute Gasteiger partial charge is 0.332 e. The van der Waals surface area contributed by atoms with Gasteiger partial charge in [-0.25, -0.2) is 4.98 Å². The van der Waals surface area contributed by atoms with Crippen LogP contribution in [0.1, 0.15) is 16.4 Å². The summed E-state index contributed by atoms with van der Waals surface area (Å²) in [5, 5.41) is 6.71. The quantitative estimate of drug-likeness (QED) is 0.795. The van der Waals surface area contributed by atoms with Gasteiger partial charge in [0, 0.05) is 28.9 Å². The number of nitrogens with two attached hydrogens (primary N) is 1. The third kappa shape index (κ3) is 2.45. The Kier molecular flexibility index (Phi) is 3.29. The molecule has 0 aliphatic carbocycles. The average molecular weight is 287 g/mol. The lowest BCUT2D eigenvalue weighted by molar-refractivity contribution is 0.431. The first-order valence-electron chi connectivity index (χ1n) is 6.10. The number of thiazole rings is 1. The van der Waals surface area contributed by atoms with Crippen molar-refractivity contribution in [2.24, 2.45) is 5.73 Å². The monoisotopic (exact) mass is 287 g/mol. The summed E-state index contributed by atoms with van der Waals surface area (Å²) in [5.41, 5.74) is 8.94. The minimum absolute atomic E-state index is 0.406. The van der Waals surface area contributed by atoms with Gasteiger partial charge in [-0.05, 0) is 26.0 Å². The van der Waals surface area contributed by atoms with Crippen molar-refractivity contribution in [3.8, 4) is 23.0 Å². The van der Waals surface area contributed by atoms with Crippen molar-refractivity contribution in [2.75, 3.05) is 0 Å². The molecule has 0 bridgehead atoms. The van der Waals surface area contributed by atoms with Gasteiger partial charge >= 0.3 is 0 Å². The molecular weight excluding hydrogens is 274 g/mol. The van der Waals surface area contributed by atoms with Gasteiger partial charge < -0.3 is 10.3 Å². The van der Waals surface area contributed by atoms with E-state index in [0.29, 0.717) is 24.0 Å². The van der Waals surface area contributed by atoms with Crippen LogP contribution in [0.3, 0.4) is 0 Å². The summed E-state index contributed by atoms with van der Waals surface area (Å²) in [6.07, 6.45) is 0. The zero-order valence-electron chi connectivity index (χ0n) is 11.1.